The summed E-state index contributed by atoms with van der Waals surface area (Å²) in [5.74, 6) is 1.03. The van der Waals surface area contributed by atoms with Gasteiger partial charge in [-0.1, -0.05) is 30.3 Å². The van der Waals surface area contributed by atoms with Crippen LogP contribution in [0.4, 0.5) is 0 Å². The Hall–Kier alpha value is -2.59. The van der Waals surface area contributed by atoms with Crippen LogP contribution in [0.2, 0.25) is 0 Å². The SMILES string of the molecule is Cc1c(-c2csc(-c3ccccc3O)n2)oc2ccccc12. The molecule has 0 atom stereocenters. The normalized spacial score (nSPS) is 11.1. The summed E-state index contributed by atoms with van der Waals surface area (Å²) in [6.07, 6.45) is 0. The molecule has 4 rings (SSSR count). The molecule has 0 radical (unpaired) electrons. The van der Waals surface area contributed by atoms with Crippen molar-refractivity contribution in [1.29, 1.82) is 0 Å². The first-order valence-electron chi connectivity index (χ1n) is 6.96. The van der Waals surface area contributed by atoms with Gasteiger partial charge in [0.25, 0.3) is 0 Å². The molecule has 0 aliphatic carbocycles. The van der Waals surface area contributed by atoms with Crippen molar-refractivity contribution >= 4 is 22.3 Å². The lowest BCUT2D eigenvalue weighted by Crippen LogP contribution is -1.80. The molecule has 0 bridgehead atoms. The van der Waals surface area contributed by atoms with Crippen LogP contribution in [-0.2, 0) is 0 Å². The Balaban J connectivity index is 1.84. The highest BCUT2D eigenvalue weighted by Crippen LogP contribution is 2.37. The van der Waals surface area contributed by atoms with Crippen molar-refractivity contribution in [3.8, 4) is 27.8 Å². The zero-order chi connectivity index (χ0) is 15.1. The van der Waals surface area contributed by atoms with Gasteiger partial charge in [0, 0.05) is 16.3 Å². The summed E-state index contributed by atoms with van der Waals surface area (Å²) in [4.78, 5) is 4.63. The molecule has 22 heavy (non-hydrogen) atoms. The minimum absolute atomic E-state index is 0.240. The van der Waals surface area contributed by atoms with Gasteiger partial charge < -0.3 is 9.52 Å². The molecule has 2 aromatic carbocycles. The number of aryl methyl sites for hydroxylation is 1. The maximum Gasteiger partial charge on any atom is 0.157 e. The summed E-state index contributed by atoms with van der Waals surface area (Å²) < 4.78 is 5.95. The standard InChI is InChI=1S/C18H13NO2S/c1-11-12-6-3-5-9-16(12)21-17(11)14-10-22-18(19-14)13-7-2-4-8-15(13)20/h2-10,20H,1H3. The van der Waals surface area contributed by atoms with Crippen LogP contribution in [0.5, 0.6) is 5.75 Å². The van der Waals surface area contributed by atoms with E-state index in [0.717, 1.165) is 38.6 Å². The van der Waals surface area contributed by atoms with E-state index in [1.165, 1.54) is 11.3 Å². The van der Waals surface area contributed by atoms with E-state index in [1.54, 1.807) is 12.1 Å². The van der Waals surface area contributed by atoms with Crippen molar-refractivity contribution in [3.05, 3.63) is 59.5 Å². The van der Waals surface area contributed by atoms with Crippen molar-refractivity contribution in [3.63, 3.8) is 0 Å². The van der Waals surface area contributed by atoms with E-state index in [1.807, 2.05) is 48.7 Å². The van der Waals surface area contributed by atoms with Crippen LogP contribution < -0.4 is 0 Å². The number of thiazole rings is 1. The van der Waals surface area contributed by atoms with E-state index in [0.29, 0.717) is 0 Å². The first-order valence-corrected chi connectivity index (χ1v) is 7.84. The van der Waals surface area contributed by atoms with E-state index in [4.69, 9.17) is 4.42 Å². The van der Waals surface area contributed by atoms with Crippen LogP contribution >= 0.6 is 11.3 Å². The fraction of sp³-hybridized carbons (Fsp3) is 0.0556. The third-order valence-corrected chi connectivity index (χ3v) is 4.59. The Bertz CT molecular complexity index is 968. The van der Waals surface area contributed by atoms with Gasteiger partial charge in [0.1, 0.15) is 22.0 Å². The third kappa shape index (κ3) is 2.00. The summed E-state index contributed by atoms with van der Waals surface area (Å²) in [6, 6.07) is 15.2. The first-order chi connectivity index (χ1) is 10.7. The number of hydrogen-bond acceptors (Lipinski definition) is 4. The highest BCUT2D eigenvalue weighted by molar-refractivity contribution is 7.13. The maximum atomic E-state index is 9.96. The quantitative estimate of drug-likeness (QED) is 0.551. The summed E-state index contributed by atoms with van der Waals surface area (Å²) in [5, 5.41) is 13.8. The monoisotopic (exact) mass is 307 g/mol. The van der Waals surface area contributed by atoms with Gasteiger partial charge in [0.05, 0.1) is 5.56 Å². The van der Waals surface area contributed by atoms with Crippen LogP contribution in [0.15, 0.2) is 58.3 Å². The second-order valence-electron chi connectivity index (χ2n) is 5.11. The predicted octanol–water partition coefficient (Wildman–Crippen LogP) is 5.24. The van der Waals surface area contributed by atoms with Gasteiger partial charge in [0.2, 0.25) is 0 Å². The lowest BCUT2D eigenvalue weighted by molar-refractivity contribution is 0.477. The number of phenols is 1. The number of fused-ring (bicyclic) bond motifs is 1. The number of furan rings is 1. The van der Waals surface area contributed by atoms with Crippen molar-refractivity contribution in [1.82, 2.24) is 4.98 Å². The number of phenolic OH excluding ortho intramolecular Hbond substituents is 1. The molecule has 4 aromatic rings. The van der Waals surface area contributed by atoms with Crippen molar-refractivity contribution in [2.75, 3.05) is 0 Å². The van der Waals surface area contributed by atoms with Crippen molar-refractivity contribution in [2.24, 2.45) is 0 Å². The van der Waals surface area contributed by atoms with E-state index in [2.05, 4.69) is 4.98 Å². The topological polar surface area (TPSA) is 46.3 Å². The summed E-state index contributed by atoms with van der Waals surface area (Å²) in [5.41, 5.74) is 3.50. The Morgan fingerprint density at radius 3 is 2.64 bits per heavy atom. The molecule has 108 valence electrons. The molecule has 0 amide bonds. The van der Waals surface area contributed by atoms with Gasteiger partial charge in [-0.25, -0.2) is 4.98 Å². The molecular formula is C18H13NO2S. The van der Waals surface area contributed by atoms with Gasteiger partial charge in [-0.15, -0.1) is 11.3 Å². The zero-order valence-corrected chi connectivity index (χ0v) is 12.7. The average Bonchev–Trinajstić information content (AvgIpc) is 3.13. The molecular weight excluding hydrogens is 294 g/mol. The van der Waals surface area contributed by atoms with E-state index < -0.39 is 0 Å². The number of aromatic hydroxyl groups is 1. The molecule has 2 heterocycles. The van der Waals surface area contributed by atoms with E-state index in [9.17, 15) is 5.11 Å². The van der Waals surface area contributed by atoms with Gasteiger partial charge in [-0.05, 0) is 25.1 Å². The van der Waals surface area contributed by atoms with Crippen molar-refractivity contribution < 1.29 is 9.52 Å². The molecule has 3 nitrogen and oxygen atoms in total. The number of rotatable bonds is 2. The Kier molecular flexibility index (Phi) is 2.98. The molecule has 4 heteroatoms. The fourth-order valence-corrected chi connectivity index (χ4v) is 3.41. The molecule has 2 aromatic heterocycles. The maximum absolute atomic E-state index is 9.96. The zero-order valence-electron chi connectivity index (χ0n) is 11.9. The molecule has 0 saturated carbocycles. The molecule has 0 aliphatic rings. The number of benzene rings is 2. The second-order valence-corrected chi connectivity index (χ2v) is 5.97. The van der Waals surface area contributed by atoms with Gasteiger partial charge in [0.15, 0.2) is 5.76 Å². The molecule has 0 aliphatic heterocycles. The number of hydrogen-bond donors (Lipinski definition) is 1. The summed E-state index contributed by atoms with van der Waals surface area (Å²) in [6.45, 7) is 2.04. The summed E-state index contributed by atoms with van der Waals surface area (Å²) in [7, 11) is 0. The van der Waals surface area contributed by atoms with Crippen LogP contribution in [0.25, 0.3) is 33.0 Å². The highest BCUT2D eigenvalue weighted by atomic mass is 32.1. The van der Waals surface area contributed by atoms with Gasteiger partial charge in [-0.3, -0.25) is 0 Å². The molecule has 1 N–H and O–H groups in total. The van der Waals surface area contributed by atoms with Gasteiger partial charge in [-0.2, -0.15) is 0 Å². The molecule has 0 unspecified atom stereocenters. The smallest absolute Gasteiger partial charge is 0.157 e. The fourth-order valence-electron chi connectivity index (χ4n) is 2.57. The lowest BCUT2D eigenvalue weighted by atomic mass is 10.1. The number of para-hydroxylation sites is 2. The van der Waals surface area contributed by atoms with Crippen molar-refractivity contribution in [2.45, 2.75) is 6.92 Å². The van der Waals surface area contributed by atoms with Crippen LogP contribution in [0, 0.1) is 6.92 Å². The highest BCUT2D eigenvalue weighted by Gasteiger charge is 2.16. The van der Waals surface area contributed by atoms with Crippen LogP contribution in [0.1, 0.15) is 5.56 Å². The Morgan fingerprint density at radius 2 is 1.82 bits per heavy atom. The Labute approximate surface area is 131 Å². The predicted molar refractivity (Wildman–Crippen MR) is 89.2 cm³/mol. The second kappa shape index (κ2) is 5.00. The average molecular weight is 307 g/mol. The largest absolute Gasteiger partial charge is 0.507 e. The first kappa shape index (κ1) is 13.1. The summed E-state index contributed by atoms with van der Waals surface area (Å²) >= 11 is 1.50. The Morgan fingerprint density at radius 1 is 1.05 bits per heavy atom. The number of aromatic nitrogens is 1. The van der Waals surface area contributed by atoms with E-state index >= 15 is 0 Å². The molecule has 0 spiro atoms. The minimum atomic E-state index is 0.240. The molecule has 0 fully saturated rings. The van der Waals surface area contributed by atoms with Gasteiger partial charge >= 0.3 is 0 Å². The minimum Gasteiger partial charge on any atom is -0.507 e. The van der Waals surface area contributed by atoms with Crippen LogP contribution in [-0.4, -0.2) is 10.1 Å². The lowest BCUT2D eigenvalue weighted by Gasteiger charge is -1.99. The van der Waals surface area contributed by atoms with E-state index in [-0.39, 0.29) is 5.75 Å². The number of nitrogens with zero attached hydrogens (tertiary/aromatic N) is 1. The third-order valence-electron chi connectivity index (χ3n) is 3.71. The van der Waals surface area contributed by atoms with Crippen LogP contribution in [0.3, 0.4) is 0 Å². The molecule has 0 saturated heterocycles.